The Bertz CT molecular complexity index is 636. The molecule has 9 heteroatoms. The lowest BCUT2D eigenvalue weighted by molar-refractivity contribution is -0.134. The Morgan fingerprint density at radius 2 is 2.05 bits per heavy atom. The summed E-state index contributed by atoms with van der Waals surface area (Å²) in [4.78, 5) is 0. The van der Waals surface area contributed by atoms with Gasteiger partial charge in [0.15, 0.2) is 0 Å². The van der Waals surface area contributed by atoms with Gasteiger partial charge < -0.3 is 4.74 Å². The average Bonchev–Trinajstić information content (AvgIpc) is 2.36. The number of sulfonamides is 1. The molecular formula is C12H13F3N2O3S. The maximum absolute atomic E-state index is 12.0. The standard InChI is InChI=1S/C12H13F3N2O3S/c1-20-10-5-2-4-9(8-16)11(10)17-21(18,19)7-3-6-12(13,14)15/h2,4-5,17H,3,6-7H2,1H3. The number of nitrogens with zero attached hydrogens (tertiary/aromatic N) is 1. The fourth-order valence-corrected chi connectivity index (χ4v) is 2.72. The zero-order valence-corrected chi connectivity index (χ0v) is 11.9. The maximum Gasteiger partial charge on any atom is 0.389 e. The van der Waals surface area contributed by atoms with Crippen LogP contribution >= 0.6 is 0 Å². The highest BCUT2D eigenvalue weighted by atomic mass is 32.2. The second kappa shape index (κ2) is 6.67. The minimum Gasteiger partial charge on any atom is -0.495 e. The molecule has 1 N–H and O–H groups in total. The van der Waals surface area contributed by atoms with Crippen LogP contribution < -0.4 is 9.46 Å². The summed E-state index contributed by atoms with van der Waals surface area (Å²) in [7, 11) is -2.71. The van der Waals surface area contributed by atoms with Crippen molar-refractivity contribution in [1.29, 1.82) is 5.26 Å². The third-order valence-electron chi connectivity index (χ3n) is 2.50. The van der Waals surface area contributed by atoms with Crippen LogP contribution in [0.15, 0.2) is 18.2 Å². The Morgan fingerprint density at radius 1 is 1.38 bits per heavy atom. The first-order valence-electron chi connectivity index (χ1n) is 5.83. The van der Waals surface area contributed by atoms with Crippen molar-refractivity contribution in [2.75, 3.05) is 17.6 Å². The van der Waals surface area contributed by atoms with Crippen molar-refractivity contribution in [3.63, 3.8) is 0 Å². The number of anilines is 1. The van der Waals surface area contributed by atoms with Crippen LogP contribution in [0, 0.1) is 11.3 Å². The lowest BCUT2D eigenvalue weighted by Crippen LogP contribution is -2.19. The number of hydrogen-bond acceptors (Lipinski definition) is 4. The molecule has 0 amide bonds. The largest absolute Gasteiger partial charge is 0.495 e. The lowest BCUT2D eigenvalue weighted by atomic mass is 10.2. The molecule has 1 aromatic carbocycles. The number of para-hydroxylation sites is 1. The second-order valence-corrected chi connectivity index (χ2v) is 5.98. The number of hydrogen-bond donors (Lipinski definition) is 1. The molecule has 5 nitrogen and oxygen atoms in total. The van der Waals surface area contributed by atoms with Crippen LogP contribution in [-0.4, -0.2) is 27.5 Å². The second-order valence-electron chi connectivity index (χ2n) is 4.13. The third-order valence-corrected chi connectivity index (χ3v) is 3.84. The average molecular weight is 322 g/mol. The van der Waals surface area contributed by atoms with E-state index < -0.39 is 34.8 Å². The first-order chi connectivity index (χ1) is 9.68. The van der Waals surface area contributed by atoms with Gasteiger partial charge in [-0.05, 0) is 18.6 Å². The highest BCUT2D eigenvalue weighted by Crippen LogP contribution is 2.29. The lowest BCUT2D eigenvalue weighted by Gasteiger charge is -2.13. The molecule has 0 aliphatic heterocycles. The van der Waals surface area contributed by atoms with Crippen molar-refractivity contribution >= 4 is 15.7 Å². The number of nitrogens with one attached hydrogen (secondary N) is 1. The molecule has 0 fully saturated rings. The normalized spacial score (nSPS) is 11.8. The molecule has 0 aromatic heterocycles. The smallest absolute Gasteiger partial charge is 0.389 e. The topological polar surface area (TPSA) is 79.2 Å². The number of methoxy groups -OCH3 is 1. The van der Waals surface area contributed by atoms with Crippen LogP contribution in [0.2, 0.25) is 0 Å². The van der Waals surface area contributed by atoms with Crippen molar-refractivity contribution in [2.24, 2.45) is 0 Å². The van der Waals surface area contributed by atoms with Crippen LogP contribution in [0.25, 0.3) is 0 Å². The Labute approximate surface area is 120 Å². The van der Waals surface area contributed by atoms with Crippen LogP contribution in [-0.2, 0) is 10.0 Å². The summed E-state index contributed by atoms with van der Waals surface area (Å²) in [6, 6.07) is 6.10. The number of alkyl halides is 3. The van der Waals surface area contributed by atoms with E-state index in [1.165, 1.54) is 25.3 Å². The van der Waals surface area contributed by atoms with Gasteiger partial charge in [-0.2, -0.15) is 18.4 Å². The third kappa shape index (κ3) is 5.51. The van der Waals surface area contributed by atoms with Crippen LogP contribution in [0.3, 0.4) is 0 Å². The minimum atomic E-state index is -4.40. The molecule has 0 spiro atoms. The summed E-state index contributed by atoms with van der Waals surface area (Å²) >= 11 is 0. The van der Waals surface area contributed by atoms with E-state index in [0.29, 0.717) is 0 Å². The van der Waals surface area contributed by atoms with Crippen molar-refractivity contribution in [3.05, 3.63) is 23.8 Å². The van der Waals surface area contributed by atoms with E-state index in [1.54, 1.807) is 6.07 Å². The Kier molecular flexibility index (Phi) is 5.43. The molecule has 116 valence electrons. The van der Waals surface area contributed by atoms with E-state index in [4.69, 9.17) is 10.00 Å². The summed E-state index contributed by atoms with van der Waals surface area (Å²) in [5, 5.41) is 8.93. The Balaban J connectivity index is 2.87. The maximum atomic E-state index is 12.0. The van der Waals surface area contributed by atoms with Crippen molar-refractivity contribution < 1.29 is 26.3 Å². The van der Waals surface area contributed by atoms with Gasteiger partial charge in [0, 0.05) is 6.42 Å². The predicted octanol–water partition coefficient (Wildman–Crippen LogP) is 2.65. The number of rotatable bonds is 6. The fraction of sp³-hybridized carbons (Fsp3) is 0.417. The van der Waals surface area contributed by atoms with E-state index in [9.17, 15) is 21.6 Å². The molecule has 0 atom stereocenters. The molecule has 1 aromatic rings. The Hall–Kier alpha value is -1.95. The van der Waals surface area contributed by atoms with Gasteiger partial charge in [-0.25, -0.2) is 8.42 Å². The van der Waals surface area contributed by atoms with Crippen molar-refractivity contribution in [3.8, 4) is 11.8 Å². The van der Waals surface area contributed by atoms with Crippen molar-refractivity contribution in [2.45, 2.75) is 19.0 Å². The van der Waals surface area contributed by atoms with Crippen molar-refractivity contribution in [1.82, 2.24) is 0 Å². The SMILES string of the molecule is COc1cccc(C#N)c1NS(=O)(=O)CCCC(F)(F)F. The van der Waals surface area contributed by atoms with Gasteiger partial charge in [0.25, 0.3) is 0 Å². The van der Waals surface area contributed by atoms with Gasteiger partial charge in [-0.15, -0.1) is 0 Å². The molecule has 21 heavy (non-hydrogen) atoms. The molecule has 0 saturated heterocycles. The summed E-state index contributed by atoms with van der Waals surface area (Å²) in [6.45, 7) is 0. The summed E-state index contributed by atoms with van der Waals surface area (Å²) < 4.78 is 66.6. The Morgan fingerprint density at radius 3 is 2.57 bits per heavy atom. The van der Waals surface area contributed by atoms with Gasteiger partial charge in [-0.1, -0.05) is 6.07 Å². The molecule has 0 aliphatic carbocycles. The summed E-state index contributed by atoms with van der Waals surface area (Å²) in [6.07, 6.45) is -6.15. The zero-order valence-electron chi connectivity index (χ0n) is 11.1. The zero-order chi connectivity index (χ0) is 16.1. The van der Waals surface area contributed by atoms with Gasteiger partial charge in [0.05, 0.1) is 18.4 Å². The van der Waals surface area contributed by atoms with Gasteiger partial charge in [0.2, 0.25) is 10.0 Å². The first-order valence-corrected chi connectivity index (χ1v) is 7.48. The van der Waals surface area contributed by atoms with Gasteiger partial charge in [-0.3, -0.25) is 4.72 Å². The van der Waals surface area contributed by atoms with Gasteiger partial charge >= 0.3 is 6.18 Å². The monoisotopic (exact) mass is 322 g/mol. The van der Waals surface area contributed by atoms with E-state index in [2.05, 4.69) is 4.72 Å². The molecule has 0 heterocycles. The minimum absolute atomic E-state index is 0.0220. The quantitative estimate of drug-likeness (QED) is 0.873. The predicted molar refractivity (Wildman–Crippen MR) is 70.4 cm³/mol. The van der Waals surface area contributed by atoms with Crippen LogP contribution in [0.4, 0.5) is 18.9 Å². The molecule has 0 radical (unpaired) electrons. The molecule has 0 saturated carbocycles. The van der Waals surface area contributed by atoms with E-state index >= 15 is 0 Å². The highest BCUT2D eigenvalue weighted by molar-refractivity contribution is 7.92. The molecule has 0 unspecified atom stereocenters. The summed E-state index contributed by atoms with van der Waals surface area (Å²) in [5.74, 6) is -0.580. The number of benzene rings is 1. The molecule has 1 rings (SSSR count). The van der Waals surface area contributed by atoms with E-state index in [1.807, 2.05) is 0 Å². The molecule has 0 aliphatic rings. The molecular weight excluding hydrogens is 309 g/mol. The van der Waals surface area contributed by atoms with Crippen LogP contribution in [0.1, 0.15) is 18.4 Å². The number of halogens is 3. The number of ether oxygens (including phenoxy) is 1. The van der Waals surface area contributed by atoms with E-state index in [0.717, 1.165) is 0 Å². The first kappa shape index (κ1) is 17.1. The fourth-order valence-electron chi connectivity index (χ4n) is 1.57. The van der Waals surface area contributed by atoms with Gasteiger partial charge in [0.1, 0.15) is 17.5 Å². The van der Waals surface area contributed by atoms with Crippen LogP contribution in [0.5, 0.6) is 5.75 Å². The highest BCUT2D eigenvalue weighted by Gasteiger charge is 2.27. The summed E-state index contributed by atoms with van der Waals surface area (Å²) in [5.41, 5.74) is -0.0525. The van der Waals surface area contributed by atoms with E-state index in [-0.39, 0.29) is 17.0 Å². The number of nitriles is 1. The molecule has 0 bridgehead atoms.